The fourth-order valence-electron chi connectivity index (χ4n) is 3.03. The summed E-state index contributed by atoms with van der Waals surface area (Å²) in [4.78, 5) is 24.7. The SMILES string of the molecule is CCNC(=O)c1ccc(-n2nnc(C(=O)NC3CC3)c2C=Cc2ccccc2)cc1. The zero-order valence-electron chi connectivity index (χ0n) is 16.7. The van der Waals surface area contributed by atoms with Crippen LogP contribution in [0.1, 0.15) is 51.9 Å². The molecule has 2 aromatic carbocycles. The van der Waals surface area contributed by atoms with E-state index in [1.807, 2.05) is 49.4 Å². The summed E-state index contributed by atoms with van der Waals surface area (Å²) in [7, 11) is 0. The van der Waals surface area contributed by atoms with Gasteiger partial charge in [0.05, 0.1) is 5.69 Å². The third kappa shape index (κ3) is 4.46. The Morgan fingerprint density at radius 2 is 1.77 bits per heavy atom. The number of benzene rings is 2. The highest BCUT2D eigenvalue weighted by molar-refractivity contribution is 5.97. The Hall–Kier alpha value is -3.74. The van der Waals surface area contributed by atoms with Crippen LogP contribution < -0.4 is 10.6 Å². The van der Waals surface area contributed by atoms with Gasteiger partial charge in [-0.05, 0) is 55.7 Å². The van der Waals surface area contributed by atoms with Gasteiger partial charge in [-0.3, -0.25) is 9.59 Å². The van der Waals surface area contributed by atoms with Crippen LogP contribution in [0, 0.1) is 0 Å². The number of amides is 2. The van der Waals surface area contributed by atoms with Crippen LogP contribution in [-0.2, 0) is 0 Å². The topological polar surface area (TPSA) is 88.9 Å². The van der Waals surface area contributed by atoms with Crippen molar-refractivity contribution in [1.82, 2.24) is 25.6 Å². The quantitative estimate of drug-likeness (QED) is 0.637. The lowest BCUT2D eigenvalue weighted by molar-refractivity contribution is 0.0941. The maximum absolute atomic E-state index is 12.7. The van der Waals surface area contributed by atoms with Gasteiger partial charge in [0.1, 0.15) is 5.69 Å². The van der Waals surface area contributed by atoms with Crippen LogP contribution in [0.2, 0.25) is 0 Å². The van der Waals surface area contributed by atoms with Gasteiger partial charge in [-0.1, -0.05) is 41.6 Å². The molecule has 7 heteroatoms. The number of hydrogen-bond donors (Lipinski definition) is 2. The summed E-state index contributed by atoms with van der Waals surface area (Å²) in [6, 6.07) is 17.1. The molecule has 0 atom stereocenters. The fraction of sp³-hybridized carbons (Fsp3) is 0.217. The summed E-state index contributed by atoms with van der Waals surface area (Å²) in [6.07, 6.45) is 5.76. The molecule has 1 fully saturated rings. The van der Waals surface area contributed by atoms with Gasteiger partial charge in [0.2, 0.25) is 0 Å². The molecule has 0 radical (unpaired) electrons. The molecule has 2 amide bonds. The smallest absolute Gasteiger partial charge is 0.274 e. The molecule has 0 aliphatic heterocycles. The third-order valence-electron chi connectivity index (χ3n) is 4.78. The Bertz CT molecular complexity index is 1070. The molecule has 4 rings (SSSR count). The molecule has 0 bridgehead atoms. The predicted molar refractivity (Wildman–Crippen MR) is 115 cm³/mol. The summed E-state index contributed by atoms with van der Waals surface area (Å²) < 4.78 is 1.61. The molecule has 3 aromatic rings. The molecule has 30 heavy (non-hydrogen) atoms. The standard InChI is InChI=1S/C23H23N5O2/c1-2-24-22(29)17-9-13-19(14-10-17)28-20(15-8-16-6-4-3-5-7-16)21(26-27-28)23(30)25-18-11-12-18/h3-10,13-15,18H,2,11-12H2,1H3,(H,24,29)(H,25,30). The summed E-state index contributed by atoms with van der Waals surface area (Å²) in [6.45, 7) is 2.44. The Morgan fingerprint density at radius 1 is 1.03 bits per heavy atom. The van der Waals surface area contributed by atoms with Gasteiger partial charge in [-0.15, -0.1) is 5.10 Å². The number of aromatic nitrogens is 3. The van der Waals surface area contributed by atoms with Crippen molar-refractivity contribution < 1.29 is 9.59 Å². The van der Waals surface area contributed by atoms with E-state index in [1.165, 1.54) is 0 Å². The minimum Gasteiger partial charge on any atom is -0.352 e. The largest absolute Gasteiger partial charge is 0.352 e. The average Bonchev–Trinajstić information content (AvgIpc) is 3.48. The summed E-state index contributed by atoms with van der Waals surface area (Å²) in [5.74, 6) is -0.355. The van der Waals surface area contributed by atoms with Crippen LogP contribution in [0.25, 0.3) is 17.8 Å². The first-order chi connectivity index (χ1) is 14.7. The number of carbonyl (C=O) groups excluding carboxylic acids is 2. The second kappa shape index (κ2) is 8.73. The molecule has 1 heterocycles. The lowest BCUT2D eigenvalue weighted by Crippen LogP contribution is -2.26. The maximum Gasteiger partial charge on any atom is 0.274 e. The van der Waals surface area contributed by atoms with Crippen molar-refractivity contribution in [1.29, 1.82) is 0 Å². The molecule has 7 nitrogen and oxygen atoms in total. The number of nitrogens with zero attached hydrogens (tertiary/aromatic N) is 3. The van der Waals surface area contributed by atoms with Gasteiger partial charge >= 0.3 is 0 Å². The number of hydrogen-bond acceptors (Lipinski definition) is 4. The van der Waals surface area contributed by atoms with E-state index in [9.17, 15) is 9.59 Å². The molecule has 2 N–H and O–H groups in total. The molecule has 0 spiro atoms. The van der Waals surface area contributed by atoms with Crippen LogP contribution in [0.4, 0.5) is 0 Å². The van der Waals surface area contributed by atoms with Crippen LogP contribution in [0.5, 0.6) is 0 Å². The van der Waals surface area contributed by atoms with E-state index >= 15 is 0 Å². The third-order valence-corrected chi connectivity index (χ3v) is 4.78. The minimum absolute atomic E-state index is 0.128. The van der Waals surface area contributed by atoms with Crippen molar-refractivity contribution in [3.63, 3.8) is 0 Å². The molecule has 1 saturated carbocycles. The summed E-state index contributed by atoms with van der Waals surface area (Å²) in [5.41, 5.74) is 3.15. The molecule has 0 unspecified atom stereocenters. The molecule has 1 aliphatic carbocycles. The van der Waals surface area contributed by atoms with E-state index < -0.39 is 0 Å². The second-order valence-corrected chi connectivity index (χ2v) is 7.13. The van der Waals surface area contributed by atoms with Gasteiger partial charge in [0.15, 0.2) is 5.69 Å². The van der Waals surface area contributed by atoms with Crippen molar-refractivity contribution in [2.75, 3.05) is 6.54 Å². The number of carbonyl (C=O) groups is 2. The highest BCUT2D eigenvalue weighted by atomic mass is 16.2. The van der Waals surface area contributed by atoms with Crippen molar-refractivity contribution in [2.24, 2.45) is 0 Å². The maximum atomic E-state index is 12.7. The van der Waals surface area contributed by atoms with E-state index in [0.717, 1.165) is 18.4 Å². The van der Waals surface area contributed by atoms with Gasteiger partial charge in [0, 0.05) is 18.2 Å². The first kappa shape index (κ1) is 19.6. The molecule has 1 aliphatic rings. The van der Waals surface area contributed by atoms with Crippen molar-refractivity contribution >= 4 is 24.0 Å². The van der Waals surface area contributed by atoms with Crippen molar-refractivity contribution in [3.8, 4) is 5.69 Å². The zero-order valence-corrected chi connectivity index (χ0v) is 16.7. The Morgan fingerprint density at radius 3 is 2.43 bits per heavy atom. The lowest BCUT2D eigenvalue weighted by Gasteiger charge is -2.07. The van der Waals surface area contributed by atoms with Crippen molar-refractivity contribution in [3.05, 3.63) is 77.1 Å². The first-order valence-corrected chi connectivity index (χ1v) is 10.0. The highest BCUT2D eigenvalue weighted by Gasteiger charge is 2.27. The van der Waals surface area contributed by atoms with E-state index in [0.29, 0.717) is 23.5 Å². The molecule has 1 aromatic heterocycles. The number of rotatable bonds is 7. The van der Waals surface area contributed by atoms with Crippen LogP contribution >= 0.6 is 0 Å². The van der Waals surface area contributed by atoms with Gasteiger partial charge in [0.25, 0.3) is 11.8 Å². The van der Waals surface area contributed by atoms with Crippen LogP contribution in [0.3, 0.4) is 0 Å². The van der Waals surface area contributed by atoms with Crippen LogP contribution in [0.15, 0.2) is 54.6 Å². The van der Waals surface area contributed by atoms with Crippen molar-refractivity contribution in [2.45, 2.75) is 25.8 Å². The van der Waals surface area contributed by atoms with E-state index in [-0.39, 0.29) is 23.6 Å². The lowest BCUT2D eigenvalue weighted by atomic mass is 10.1. The summed E-state index contributed by atoms with van der Waals surface area (Å²) in [5, 5.41) is 14.1. The van der Waals surface area contributed by atoms with Gasteiger partial charge < -0.3 is 10.6 Å². The Kier molecular flexibility index (Phi) is 5.70. The van der Waals surface area contributed by atoms with E-state index in [1.54, 1.807) is 28.9 Å². The molecule has 152 valence electrons. The molecular weight excluding hydrogens is 378 g/mol. The highest BCUT2D eigenvalue weighted by Crippen LogP contribution is 2.21. The predicted octanol–water partition coefficient (Wildman–Crippen LogP) is 3.08. The monoisotopic (exact) mass is 401 g/mol. The fourth-order valence-corrected chi connectivity index (χ4v) is 3.03. The molecule has 0 saturated heterocycles. The second-order valence-electron chi connectivity index (χ2n) is 7.13. The van der Waals surface area contributed by atoms with E-state index in [4.69, 9.17) is 0 Å². The molecular formula is C23H23N5O2. The van der Waals surface area contributed by atoms with Gasteiger partial charge in [-0.2, -0.15) is 0 Å². The Balaban J connectivity index is 1.68. The minimum atomic E-state index is -0.226. The van der Waals surface area contributed by atoms with E-state index in [2.05, 4.69) is 20.9 Å². The number of nitrogens with one attached hydrogen (secondary N) is 2. The first-order valence-electron chi connectivity index (χ1n) is 10.0. The normalized spacial score (nSPS) is 13.4. The van der Waals surface area contributed by atoms with Crippen LogP contribution in [-0.4, -0.2) is 39.4 Å². The zero-order chi connectivity index (χ0) is 20.9. The summed E-state index contributed by atoms with van der Waals surface area (Å²) >= 11 is 0. The van der Waals surface area contributed by atoms with Gasteiger partial charge in [-0.25, -0.2) is 4.68 Å². The Labute approximate surface area is 174 Å². The average molecular weight is 401 g/mol.